The van der Waals surface area contributed by atoms with Crippen molar-refractivity contribution in [3.8, 4) is 0 Å². The number of rotatable bonds is 40. The van der Waals surface area contributed by atoms with E-state index in [4.69, 9.17) is 40.1 Å². The van der Waals surface area contributed by atoms with Crippen molar-refractivity contribution in [2.45, 2.75) is 157 Å². The highest BCUT2D eigenvalue weighted by atomic mass is 32.2. The van der Waals surface area contributed by atoms with E-state index in [-0.39, 0.29) is 70.7 Å². The largest absolute Gasteiger partial charge is 0.370 e. The zero-order valence-electron chi connectivity index (χ0n) is 51.3. The van der Waals surface area contributed by atoms with Gasteiger partial charge >= 0.3 is 0 Å². The molecule has 0 aromatic heterocycles. The van der Waals surface area contributed by atoms with Gasteiger partial charge < -0.3 is 92.5 Å². The molecule has 2 aromatic rings. The number of hydrogen-bond donors (Lipinski definition) is 15. The van der Waals surface area contributed by atoms with Crippen molar-refractivity contribution in [2.24, 2.45) is 45.1 Å². The van der Waals surface area contributed by atoms with Crippen LogP contribution in [0.1, 0.15) is 101 Å². The lowest BCUT2D eigenvalue weighted by molar-refractivity contribution is -0.144. The topological polar surface area (TPSA) is 519 Å². The van der Waals surface area contributed by atoms with E-state index in [9.17, 15) is 62.3 Å². The highest BCUT2D eigenvalue weighted by molar-refractivity contribution is 7.98. The van der Waals surface area contributed by atoms with Gasteiger partial charge in [-0.05, 0) is 107 Å². The van der Waals surface area contributed by atoms with E-state index >= 15 is 0 Å². The molecule has 2 heterocycles. The predicted octanol–water partition coefficient (Wildman–Crippen LogP) is -5.13. The van der Waals surface area contributed by atoms with Crippen molar-refractivity contribution < 1.29 is 62.3 Å². The maximum absolute atomic E-state index is 14.5. The summed E-state index contributed by atoms with van der Waals surface area (Å²) in [6.45, 7) is -0.486. The van der Waals surface area contributed by atoms with E-state index in [1.165, 1.54) is 21.6 Å². The number of unbranched alkanes of at least 4 members (excludes halogenated alkanes) is 1. The molecule has 13 amide bonds. The molecule has 2 fully saturated rings. The fourth-order valence-electron chi connectivity index (χ4n) is 10.3. The number of nitrogens with zero attached hydrogens (tertiary/aromatic N) is 3. The Morgan fingerprint density at radius 1 is 0.527 bits per heavy atom. The van der Waals surface area contributed by atoms with Crippen molar-refractivity contribution >= 4 is 94.5 Å². The first kappa shape index (κ1) is 74.6. The number of primary amides is 3. The van der Waals surface area contributed by atoms with Gasteiger partial charge in [-0.15, -0.1) is 0 Å². The van der Waals surface area contributed by atoms with Crippen molar-refractivity contribution in [1.82, 2.24) is 52.3 Å². The zero-order valence-corrected chi connectivity index (χ0v) is 52.1. The first-order valence-corrected chi connectivity index (χ1v) is 31.7. The molecule has 2 saturated heterocycles. The van der Waals surface area contributed by atoms with Crippen LogP contribution in [-0.4, -0.2) is 198 Å². The summed E-state index contributed by atoms with van der Waals surface area (Å²) in [5.74, 6) is -9.80. The lowest BCUT2D eigenvalue weighted by Gasteiger charge is -2.32. The van der Waals surface area contributed by atoms with Crippen molar-refractivity contribution in [1.29, 1.82) is 0 Å². The molecule has 2 aromatic carbocycles. The zero-order chi connectivity index (χ0) is 67.0. The summed E-state index contributed by atoms with van der Waals surface area (Å²) in [7, 11) is 0. The monoisotopic (exact) mass is 1290 g/mol. The number of guanidine groups is 1. The second-order valence-corrected chi connectivity index (χ2v) is 23.2. The predicted molar refractivity (Wildman–Crippen MR) is 337 cm³/mol. The molecule has 2 aliphatic rings. The minimum Gasteiger partial charge on any atom is -0.370 e. The van der Waals surface area contributed by atoms with E-state index in [1.54, 1.807) is 60.7 Å². The van der Waals surface area contributed by atoms with Gasteiger partial charge in [-0.2, -0.15) is 11.8 Å². The molecule has 0 spiro atoms. The average molecular weight is 1290 g/mol. The molecule has 0 aliphatic carbocycles. The summed E-state index contributed by atoms with van der Waals surface area (Å²) >= 11 is 1.44. The lowest BCUT2D eigenvalue weighted by atomic mass is 10.0. The molecular formula is C59H90N18O13S. The second kappa shape index (κ2) is 39.3. The summed E-state index contributed by atoms with van der Waals surface area (Å²) in [4.78, 5) is 182. The molecule has 0 saturated carbocycles. The van der Waals surface area contributed by atoms with Crippen molar-refractivity contribution in [2.75, 3.05) is 51.3 Å². The molecule has 91 heavy (non-hydrogen) atoms. The smallest absolute Gasteiger partial charge is 0.245 e. The van der Waals surface area contributed by atoms with Crippen LogP contribution >= 0.6 is 11.8 Å². The maximum atomic E-state index is 14.5. The van der Waals surface area contributed by atoms with Gasteiger partial charge in [0.25, 0.3) is 0 Å². The Bertz CT molecular complexity index is 2850. The van der Waals surface area contributed by atoms with Crippen LogP contribution in [0.25, 0.3) is 0 Å². The van der Waals surface area contributed by atoms with Crippen LogP contribution in [0.5, 0.6) is 0 Å². The first-order chi connectivity index (χ1) is 43.4. The van der Waals surface area contributed by atoms with E-state index in [1.807, 2.05) is 6.26 Å². The van der Waals surface area contributed by atoms with Crippen LogP contribution in [0.2, 0.25) is 0 Å². The molecule has 31 nitrogen and oxygen atoms in total. The summed E-state index contributed by atoms with van der Waals surface area (Å²) in [6, 6.07) is 6.01. The highest BCUT2D eigenvalue weighted by Gasteiger charge is 2.42. The summed E-state index contributed by atoms with van der Waals surface area (Å²) in [5.41, 5.74) is 40.5. The maximum Gasteiger partial charge on any atom is 0.245 e. The summed E-state index contributed by atoms with van der Waals surface area (Å²) in [6.07, 6.45) is 3.15. The van der Waals surface area contributed by atoms with Gasteiger partial charge in [0.05, 0.1) is 19.1 Å². The molecule has 500 valence electrons. The third kappa shape index (κ3) is 26.2. The number of carbonyl (C=O) groups is 13. The fourth-order valence-corrected chi connectivity index (χ4v) is 10.8. The number of carbonyl (C=O) groups excluding carboxylic acids is 13. The van der Waals surface area contributed by atoms with Crippen molar-refractivity contribution in [3.63, 3.8) is 0 Å². The van der Waals surface area contributed by atoms with Gasteiger partial charge in [0, 0.05) is 45.3 Å². The lowest BCUT2D eigenvalue weighted by Crippen LogP contribution is -2.60. The van der Waals surface area contributed by atoms with Crippen LogP contribution in [-0.2, 0) is 75.2 Å². The van der Waals surface area contributed by atoms with Crippen LogP contribution in [0.15, 0.2) is 65.7 Å². The highest BCUT2D eigenvalue weighted by Crippen LogP contribution is 2.23. The molecule has 32 heteroatoms. The number of benzene rings is 2. The molecule has 9 atom stereocenters. The van der Waals surface area contributed by atoms with Gasteiger partial charge in [0.1, 0.15) is 48.3 Å². The van der Waals surface area contributed by atoms with Gasteiger partial charge in [-0.1, -0.05) is 60.7 Å². The van der Waals surface area contributed by atoms with Crippen LogP contribution in [0.4, 0.5) is 0 Å². The molecule has 0 bridgehead atoms. The molecule has 22 N–H and O–H groups in total. The molecule has 2 aliphatic heterocycles. The Balaban J connectivity index is 1.47. The number of thioether (sulfide) groups is 1. The normalized spacial score (nSPS) is 16.6. The van der Waals surface area contributed by atoms with Gasteiger partial charge in [0.2, 0.25) is 76.8 Å². The van der Waals surface area contributed by atoms with Crippen LogP contribution < -0.4 is 82.7 Å². The average Bonchev–Trinajstić information content (AvgIpc) is 1.93. The Morgan fingerprint density at radius 3 is 1.53 bits per heavy atom. The Labute approximate surface area is 532 Å². The minimum absolute atomic E-state index is 0.0201. The standard InChI is InChI=1S/C59H90N18O13S/c1-91-30-25-38(50(64)82)71-54(86)43(32-36-15-6-3-7-16-36)70-49(81)34-68-48(80)33-69-51(83)42(31-35-13-4-2-5-14-35)75-53(85)39(21-23-46(62)78)72-52(84)40(22-24-47(63)79)73-55(87)45-20-12-29-77(45)58(90)41(18-8-9-26-60)74-56(88)44-19-11-28-76(44)57(89)37(61)17-10-27-67-59(65)66/h2-7,13-16,37-45H,8-12,17-34,60-61H2,1H3,(H2,62,78)(H2,63,79)(H2,64,82)(H,68,80)(H,69,83)(H,70,81)(H,71,86)(H,72,84)(H,73,87)(H,74,88)(H,75,85)(H4,65,66,67)/t37-,38-,39-,40-,41-,42-,43-,44-,45-/m0/s1. The molecule has 4 rings (SSSR count). The fraction of sp³-hybridized carbons (Fsp3) is 0.559. The number of amides is 13. The SMILES string of the molecule is CSCC[C@H](NC(=O)[C@H](Cc1ccccc1)NC(=O)CNC(=O)CNC(=O)[C@H](Cc1ccccc1)NC(=O)[C@H](CCC(N)=O)NC(=O)[C@H](CCC(N)=O)NC(=O)[C@@H]1CCCN1C(=O)[C@H](CCCCN)NC(=O)[C@@H]1CCCN1C(=O)[C@@H](N)CCCN=C(N)N)C(N)=O. The van der Waals surface area contributed by atoms with Gasteiger partial charge in [-0.3, -0.25) is 67.3 Å². The van der Waals surface area contributed by atoms with Gasteiger partial charge in [-0.25, -0.2) is 0 Å². The summed E-state index contributed by atoms with van der Waals surface area (Å²) < 4.78 is 0. The number of likely N-dealkylation sites (tertiary alicyclic amines) is 2. The molecule has 0 unspecified atom stereocenters. The van der Waals surface area contributed by atoms with E-state index in [2.05, 4.69) is 47.5 Å². The first-order valence-electron chi connectivity index (χ1n) is 30.3. The number of hydrogen-bond acceptors (Lipinski definition) is 17. The Hall–Kier alpha value is -8.91. The summed E-state index contributed by atoms with van der Waals surface area (Å²) in [5, 5.41) is 20.5. The Kier molecular flexibility index (Phi) is 32.2. The van der Waals surface area contributed by atoms with Crippen LogP contribution in [0.3, 0.4) is 0 Å². The minimum atomic E-state index is -1.62. The molecular weight excluding hydrogens is 1200 g/mol. The number of aliphatic imine (C=N–C) groups is 1. The Morgan fingerprint density at radius 2 is 1.01 bits per heavy atom. The quantitative estimate of drug-likeness (QED) is 0.0169. The van der Waals surface area contributed by atoms with Crippen LogP contribution in [0, 0.1) is 0 Å². The second-order valence-electron chi connectivity index (χ2n) is 22.2. The third-order valence-electron chi connectivity index (χ3n) is 15.1. The van der Waals surface area contributed by atoms with Gasteiger partial charge in [0.15, 0.2) is 5.96 Å². The van der Waals surface area contributed by atoms with E-state index < -0.39 is 170 Å². The number of nitrogens with two attached hydrogens (primary N) is 7. The third-order valence-corrected chi connectivity index (χ3v) is 15.8. The van der Waals surface area contributed by atoms with E-state index in [0.717, 1.165) is 0 Å². The van der Waals surface area contributed by atoms with Crippen molar-refractivity contribution in [3.05, 3.63) is 71.8 Å². The number of nitrogens with one attached hydrogen (secondary N) is 8. The molecule has 0 radical (unpaired) electrons. The van der Waals surface area contributed by atoms with E-state index in [0.29, 0.717) is 55.4 Å².